The molecular weight excluding hydrogens is 126 g/mol. The standard InChI is InChI=1S/C8H16NO/c1-5-8(9-10-4)6-7(2)3/h7H,1,5-6H2,2-4H3. The SMILES string of the molecule is [CH2]CC(CC(C)C)=NOC. The van der Waals surface area contributed by atoms with Crippen molar-refractivity contribution in [3.8, 4) is 0 Å². The fraction of sp³-hybridized carbons (Fsp3) is 0.750. The van der Waals surface area contributed by atoms with Gasteiger partial charge in [0.15, 0.2) is 0 Å². The largest absolute Gasteiger partial charge is 0.399 e. The molecule has 2 nitrogen and oxygen atoms in total. The van der Waals surface area contributed by atoms with Crippen LogP contribution in [-0.2, 0) is 4.84 Å². The first-order chi connectivity index (χ1) is 4.70. The Labute approximate surface area is 63.3 Å². The molecule has 59 valence electrons. The monoisotopic (exact) mass is 142 g/mol. The number of hydrogen-bond donors (Lipinski definition) is 0. The van der Waals surface area contributed by atoms with Crippen LogP contribution in [0.2, 0.25) is 0 Å². The van der Waals surface area contributed by atoms with E-state index in [1.807, 2.05) is 0 Å². The van der Waals surface area contributed by atoms with Crippen LogP contribution in [0, 0.1) is 12.8 Å². The van der Waals surface area contributed by atoms with Gasteiger partial charge in [0.1, 0.15) is 7.11 Å². The molecule has 0 aliphatic heterocycles. The fourth-order valence-electron chi connectivity index (χ4n) is 0.785. The summed E-state index contributed by atoms with van der Waals surface area (Å²) in [4.78, 5) is 4.64. The van der Waals surface area contributed by atoms with Crippen molar-refractivity contribution in [3.05, 3.63) is 6.92 Å². The molecular formula is C8H16NO. The van der Waals surface area contributed by atoms with Crippen LogP contribution in [0.25, 0.3) is 0 Å². The smallest absolute Gasteiger partial charge is 0.106 e. The van der Waals surface area contributed by atoms with Crippen LogP contribution in [0.15, 0.2) is 5.16 Å². The van der Waals surface area contributed by atoms with Crippen LogP contribution in [0.3, 0.4) is 0 Å². The third-order valence-electron chi connectivity index (χ3n) is 1.15. The molecule has 1 radical (unpaired) electrons. The molecule has 0 unspecified atom stereocenters. The van der Waals surface area contributed by atoms with Gasteiger partial charge in [-0.05, 0) is 25.7 Å². The number of oxime groups is 1. The van der Waals surface area contributed by atoms with Gasteiger partial charge in [-0.25, -0.2) is 0 Å². The third-order valence-corrected chi connectivity index (χ3v) is 1.15. The summed E-state index contributed by atoms with van der Waals surface area (Å²) in [5, 5.41) is 3.84. The number of hydrogen-bond acceptors (Lipinski definition) is 2. The minimum absolute atomic E-state index is 0.635. The van der Waals surface area contributed by atoms with E-state index < -0.39 is 0 Å². The predicted octanol–water partition coefficient (Wildman–Crippen LogP) is 2.26. The maximum absolute atomic E-state index is 4.64. The van der Waals surface area contributed by atoms with Crippen LogP contribution in [0.4, 0.5) is 0 Å². The molecule has 10 heavy (non-hydrogen) atoms. The van der Waals surface area contributed by atoms with Gasteiger partial charge in [-0.15, -0.1) is 0 Å². The van der Waals surface area contributed by atoms with Crippen molar-refractivity contribution in [1.29, 1.82) is 0 Å². The molecule has 0 fully saturated rings. The van der Waals surface area contributed by atoms with Crippen LogP contribution in [0.5, 0.6) is 0 Å². The lowest BCUT2D eigenvalue weighted by Crippen LogP contribution is -2.01. The van der Waals surface area contributed by atoms with Crippen molar-refractivity contribution < 1.29 is 4.84 Å². The molecule has 0 aromatic carbocycles. The lowest BCUT2D eigenvalue weighted by atomic mass is 10.1. The van der Waals surface area contributed by atoms with E-state index in [4.69, 9.17) is 0 Å². The molecule has 0 aromatic rings. The molecule has 0 saturated carbocycles. The molecule has 0 bridgehead atoms. The first-order valence-corrected chi connectivity index (χ1v) is 3.58. The topological polar surface area (TPSA) is 21.6 Å². The van der Waals surface area contributed by atoms with Crippen molar-refractivity contribution in [2.24, 2.45) is 11.1 Å². The van der Waals surface area contributed by atoms with Gasteiger partial charge >= 0.3 is 0 Å². The molecule has 0 heterocycles. The van der Waals surface area contributed by atoms with E-state index in [1.165, 1.54) is 0 Å². The minimum Gasteiger partial charge on any atom is -0.399 e. The maximum Gasteiger partial charge on any atom is 0.106 e. The Morgan fingerprint density at radius 2 is 2.20 bits per heavy atom. The minimum atomic E-state index is 0.635. The first-order valence-electron chi connectivity index (χ1n) is 3.58. The Morgan fingerprint density at radius 3 is 2.50 bits per heavy atom. The van der Waals surface area contributed by atoms with Crippen molar-refractivity contribution in [3.63, 3.8) is 0 Å². The molecule has 0 atom stereocenters. The molecule has 0 N–H and O–H groups in total. The van der Waals surface area contributed by atoms with Crippen LogP contribution in [-0.4, -0.2) is 12.8 Å². The first kappa shape index (κ1) is 9.47. The van der Waals surface area contributed by atoms with E-state index in [-0.39, 0.29) is 0 Å². The van der Waals surface area contributed by atoms with Gasteiger partial charge in [-0.2, -0.15) is 0 Å². The molecule has 0 saturated heterocycles. The van der Waals surface area contributed by atoms with Gasteiger partial charge in [0.05, 0.1) is 5.71 Å². The summed E-state index contributed by atoms with van der Waals surface area (Å²) >= 11 is 0. The molecule has 0 aliphatic carbocycles. The Kier molecular flexibility index (Phi) is 4.99. The quantitative estimate of drug-likeness (QED) is 0.436. The van der Waals surface area contributed by atoms with Gasteiger partial charge in [0.25, 0.3) is 0 Å². The highest BCUT2D eigenvalue weighted by molar-refractivity contribution is 5.84. The Hall–Kier alpha value is -0.530. The number of rotatable bonds is 4. The number of nitrogens with zero attached hydrogens (tertiary/aromatic N) is 1. The summed E-state index contributed by atoms with van der Waals surface area (Å²) in [6.45, 7) is 8.05. The molecule has 0 spiro atoms. The highest BCUT2D eigenvalue weighted by Crippen LogP contribution is 2.03. The predicted molar refractivity (Wildman–Crippen MR) is 43.9 cm³/mol. The lowest BCUT2D eigenvalue weighted by molar-refractivity contribution is 0.211. The van der Waals surface area contributed by atoms with Crippen LogP contribution >= 0.6 is 0 Å². The summed E-state index contributed by atoms with van der Waals surface area (Å²) in [7, 11) is 1.57. The zero-order valence-corrected chi connectivity index (χ0v) is 7.05. The van der Waals surface area contributed by atoms with Crippen LogP contribution in [0.1, 0.15) is 26.7 Å². The maximum atomic E-state index is 4.64. The Balaban J connectivity index is 3.71. The highest BCUT2D eigenvalue weighted by Gasteiger charge is 2.00. The van der Waals surface area contributed by atoms with E-state index in [0.717, 1.165) is 18.6 Å². The zero-order chi connectivity index (χ0) is 7.98. The molecule has 0 aliphatic rings. The van der Waals surface area contributed by atoms with Gasteiger partial charge in [0.2, 0.25) is 0 Å². The summed E-state index contributed by atoms with van der Waals surface area (Å²) in [5.41, 5.74) is 1.04. The van der Waals surface area contributed by atoms with E-state index >= 15 is 0 Å². The molecule has 0 aromatic heterocycles. The average Bonchev–Trinajstić information content (AvgIpc) is 1.86. The summed E-state index contributed by atoms with van der Waals surface area (Å²) in [6, 6.07) is 0. The average molecular weight is 142 g/mol. The van der Waals surface area contributed by atoms with Gasteiger partial charge in [0, 0.05) is 0 Å². The van der Waals surface area contributed by atoms with E-state index in [2.05, 4.69) is 30.8 Å². The molecule has 2 heteroatoms. The van der Waals surface area contributed by atoms with E-state index in [9.17, 15) is 0 Å². The van der Waals surface area contributed by atoms with Crippen molar-refractivity contribution >= 4 is 5.71 Å². The van der Waals surface area contributed by atoms with Crippen molar-refractivity contribution in [1.82, 2.24) is 0 Å². The Bertz CT molecular complexity index is 108. The van der Waals surface area contributed by atoms with E-state index in [1.54, 1.807) is 7.11 Å². The van der Waals surface area contributed by atoms with Gasteiger partial charge < -0.3 is 4.84 Å². The normalized spacial score (nSPS) is 12.3. The van der Waals surface area contributed by atoms with Crippen LogP contribution < -0.4 is 0 Å². The van der Waals surface area contributed by atoms with Crippen molar-refractivity contribution in [2.45, 2.75) is 26.7 Å². The second-order valence-electron chi connectivity index (χ2n) is 2.69. The van der Waals surface area contributed by atoms with E-state index in [0.29, 0.717) is 5.92 Å². The summed E-state index contributed by atoms with van der Waals surface area (Å²) in [5.74, 6) is 0.635. The lowest BCUT2D eigenvalue weighted by Gasteiger charge is -2.04. The third kappa shape index (κ3) is 4.36. The molecule has 0 amide bonds. The summed E-state index contributed by atoms with van der Waals surface area (Å²) < 4.78 is 0. The zero-order valence-electron chi connectivity index (χ0n) is 7.05. The fourth-order valence-corrected chi connectivity index (χ4v) is 0.785. The molecule has 0 rings (SSSR count). The van der Waals surface area contributed by atoms with Crippen molar-refractivity contribution in [2.75, 3.05) is 7.11 Å². The second kappa shape index (κ2) is 5.27. The second-order valence-corrected chi connectivity index (χ2v) is 2.69. The highest BCUT2D eigenvalue weighted by atomic mass is 16.6. The Morgan fingerprint density at radius 1 is 1.60 bits per heavy atom. The van der Waals surface area contributed by atoms with Gasteiger partial charge in [-0.1, -0.05) is 19.0 Å². The summed E-state index contributed by atoms with van der Waals surface area (Å²) in [6.07, 6.45) is 1.73. The van der Waals surface area contributed by atoms with Gasteiger partial charge in [-0.3, -0.25) is 0 Å².